The molecule has 0 aromatic rings. The minimum absolute atomic E-state index is 0. The van der Waals surface area contributed by atoms with Crippen molar-refractivity contribution in [3.63, 3.8) is 0 Å². The van der Waals surface area contributed by atoms with Gasteiger partial charge in [0.05, 0.1) is 0 Å². The van der Waals surface area contributed by atoms with Gasteiger partial charge in [-0.05, 0) is 0 Å². The first kappa shape index (κ1) is 26.5. The fraction of sp³-hybridized carbons (Fsp3) is 0. The van der Waals surface area contributed by atoms with Crippen molar-refractivity contribution < 1.29 is 59.1 Å². The van der Waals surface area contributed by atoms with Gasteiger partial charge in [0.1, 0.15) is 0 Å². The van der Waals surface area contributed by atoms with Crippen LogP contribution in [-0.4, -0.2) is 48.9 Å². The van der Waals surface area contributed by atoms with E-state index in [0.29, 0.717) is 0 Å². The van der Waals surface area contributed by atoms with Gasteiger partial charge in [-0.1, -0.05) is 0 Å². The first-order chi connectivity index (χ1) is 0. The zero-order chi connectivity index (χ0) is 0. The molecule has 0 bridgehead atoms. The number of hydrogen-bond donors (Lipinski definition) is 0. The fourth-order valence-corrected chi connectivity index (χ4v) is 0. The molecule has 0 N–H and O–H groups in total. The molecule has 0 heterocycles. The molecule has 0 saturated heterocycles. The van der Waals surface area contributed by atoms with Crippen molar-refractivity contribution >= 4 is 48.9 Å². The topological polar surface area (TPSA) is 0 Å². The molecule has 0 fully saturated rings. The standard InChI is InChI=1S/Ba.Co.Fe.Nb.2H/q+2;;;;2*-1. The molecule has 0 rings (SSSR count). The van der Waals surface area contributed by atoms with Crippen LogP contribution in [0.3, 0.4) is 0 Å². The average molecular weight is 347 g/mol. The fourth-order valence-electron chi connectivity index (χ4n) is 0. The maximum Gasteiger partial charge on any atom is 2.00 e. The minimum atomic E-state index is 0. The van der Waals surface area contributed by atoms with E-state index in [0.717, 1.165) is 0 Å². The predicted molar refractivity (Wildman–Crippen MR) is 7.98 cm³/mol. The van der Waals surface area contributed by atoms with Gasteiger partial charge in [0.25, 0.3) is 0 Å². The molecule has 0 aliphatic rings. The zero-order valence-corrected chi connectivity index (χ0v) is 10.6. The van der Waals surface area contributed by atoms with Crippen molar-refractivity contribution in [3.8, 4) is 0 Å². The second-order valence-corrected chi connectivity index (χ2v) is 0. The summed E-state index contributed by atoms with van der Waals surface area (Å²) in [5.41, 5.74) is 0. The molecule has 0 aromatic carbocycles. The van der Waals surface area contributed by atoms with E-state index >= 15 is 0 Å². The average Bonchev–Trinajstić information content (AvgIpc) is 0. The van der Waals surface area contributed by atoms with E-state index in [9.17, 15) is 0 Å². The third-order valence-electron chi connectivity index (χ3n) is 0. The Kier molecular flexibility index (Phi) is 107. The molecule has 0 atom stereocenters. The van der Waals surface area contributed by atoms with Crippen LogP contribution < -0.4 is 0 Å². The second-order valence-electron chi connectivity index (χ2n) is 0. The Bertz CT molecular complexity index is 13.5. The smallest absolute Gasteiger partial charge is 1.00 e. The zero-order valence-electron chi connectivity index (χ0n) is 3.84. The van der Waals surface area contributed by atoms with E-state index in [1.54, 1.807) is 0 Å². The molecule has 0 unspecified atom stereocenters. The van der Waals surface area contributed by atoms with Crippen molar-refractivity contribution in [2.24, 2.45) is 0 Å². The molecule has 0 aromatic heterocycles. The summed E-state index contributed by atoms with van der Waals surface area (Å²) >= 11 is 0. The molecular weight excluding hydrogens is 345 g/mol. The monoisotopic (exact) mass is 348 g/mol. The van der Waals surface area contributed by atoms with Crippen molar-refractivity contribution in [2.45, 2.75) is 0 Å². The van der Waals surface area contributed by atoms with E-state index in [1.165, 1.54) is 0 Å². The molecular formula is H2BaCoFeNb. The van der Waals surface area contributed by atoms with E-state index in [-0.39, 0.29) is 108 Å². The van der Waals surface area contributed by atoms with Gasteiger partial charge >= 0.3 is 48.9 Å². The number of hydrogen-bond acceptors (Lipinski definition) is 0. The van der Waals surface area contributed by atoms with Crippen LogP contribution in [-0.2, 0) is 56.2 Å². The molecule has 0 amide bonds. The van der Waals surface area contributed by atoms with E-state index in [2.05, 4.69) is 0 Å². The summed E-state index contributed by atoms with van der Waals surface area (Å²) in [6.45, 7) is 0. The summed E-state index contributed by atoms with van der Waals surface area (Å²) in [4.78, 5) is 0. The van der Waals surface area contributed by atoms with Crippen molar-refractivity contribution in [3.05, 3.63) is 0 Å². The van der Waals surface area contributed by atoms with Gasteiger partial charge in [0, 0.05) is 56.2 Å². The van der Waals surface area contributed by atoms with E-state index in [4.69, 9.17) is 0 Å². The van der Waals surface area contributed by atoms with Crippen LogP contribution in [0.2, 0.25) is 0 Å². The van der Waals surface area contributed by atoms with Crippen molar-refractivity contribution in [1.29, 1.82) is 0 Å². The molecule has 2 radical (unpaired) electrons. The third kappa shape index (κ3) is 9.02. The van der Waals surface area contributed by atoms with Crippen LogP contribution in [0.25, 0.3) is 0 Å². The summed E-state index contributed by atoms with van der Waals surface area (Å²) in [6.07, 6.45) is 0. The molecule has 0 spiro atoms. The minimum Gasteiger partial charge on any atom is -1.00 e. The van der Waals surface area contributed by atoms with Crippen LogP contribution in [0.1, 0.15) is 2.85 Å². The van der Waals surface area contributed by atoms with Crippen LogP contribution in [0, 0.1) is 0 Å². The van der Waals surface area contributed by atoms with Gasteiger partial charge in [-0.25, -0.2) is 0 Å². The molecule has 4 heteroatoms. The van der Waals surface area contributed by atoms with Gasteiger partial charge in [-0.2, -0.15) is 0 Å². The first-order valence-electron chi connectivity index (χ1n) is 0. The Morgan fingerprint density at radius 3 is 1.25 bits per heavy atom. The van der Waals surface area contributed by atoms with Gasteiger partial charge in [-0.15, -0.1) is 0 Å². The van der Waals surface area contributed by atoms with Gasteiger partial charge in [0.15, 0.2) is 0 Å². The van der Waals surface area contributed by atoms with Crippen LogP contribution in [0.15, 0.2) is 0 Å². The maximum absolute atomic E-state index is 0. The largest absolute Gasteiger partial charge is 2.00 e. The Hall–Kier alpha value is 3.34. The summed E-state index contributed by atoms with van der Waals surface area (Å²) in [7, 11) is 0. The molecule has 26 valence electrons. The summed E-state index contributed by atoms with van der Waals surface area (Å²) in [5.74, 6) is 0. The van der Waals surface area contributed by atoms with Crippen LogP contribution in [0.5, 0.6) is 0 Å². The predicted octanol–water partition coefficient (Wildman–Crippen LogP) is -0.163. The SMILES string of the molecule is [Ba+2].[Co].[Fe].[H-].[H-].[Nb]. The quantitative estimate of drug-likeness (QED) is 0.535. The summed E-state index contributed by atoms with van der Waals surface area (Å²) in [6, 6.07) is 0. The van der Waals surface area contributed by atoms with Crippen molar-refractivity contribution in [1.82, 2.24) is 0 Å². The Labute approximate surface area is 105 Å². The number of rotatable bonds is 0. The van der Waals surface area contributed by atoms with Crippen LogP contribution in [0.4, 0.5) is 0 Å². The maximum atomic E-state index is 0. The normalized spacial score (nSPS) is 0. The summed E-state index contributed by atoms with van der Waals surface area (Å²) < 4.78 is 0. The third-order valence-corrected chi connectivity index (χ3v) is 0. The first-order valence-corrected chi connectivity index (χ1v) is 0. The van der Waals surface area contributed by atoms with E-state index in [1.807, 2.05) is 0 Å². The summed E-state index contributed by atoms with van der Waals surface area (Å²) in [5, 5.41) is 0. The van der Waals surface area contributed by atoms with Crippen molar-refractivity contribution in [2.75, 3.05) is 0 Å². The van der Waals surface area contributed by atoms with Gasteiger partial charge in [-0.3, -0.25) is 0 Å². The van der Waals surface area contributed by atoms with Gasteiger partial charge < -0.3 is 2.85 Å². The Balaban J connectivity index is 0. The van der Waals surface area contributed by atoms with Crippen LogP contribution >= 0.6 is 0 Å². The molecule has 4 heavy (non-hydrogen) atoms. The van der Waals surface area contributed by atoms with Gasteiger partial charge in [0.2, 0.25) is 0 Å². The molecule has 0 nitrogen and oxygen atoms in total. The second kappa shape index (κ2) is 16.2. The Morgan fingerprint density at radius 2 is 1.25 bits per heavy atom. The molecule has 0 aliphatic carbocycles. The van der Waals surface area contributed by atoms with E-state index < -0.39 is 0 Å². The molecule has 0 saturated carbocycles. The molecule has 0 aliphatic heterocycles. The Morgan fingerprint density at radius 1 is 1.25 bits per heavy atom.